The fourth-order valence-corrected chi connectivity index (χ4v) is 4.89. The third-order valence-corrected chi connectivity index (χ3v) is 5.92. The van der Waals surface area contributed by atoms with Crippen LogP contribution >= 0.6 is 16.2 Å². The molecule has 3 aromatic carbocycles. The molecule has 25 heavy (non-hydrogen) atoms. The number of benzene rings is 3. The molecule has 0 spiro atoms. The zero-order chi connectivity index (χ0) is 16.5. The number of rotatable bonds is 3. The second-order valence-electron chi connectivity index (χ2n) is 4.70. The van der Waals surface area contributed by atoms with Crippen LogP contribution in [0.3, 0.4) is 0 Å². The first-order chi connectivity index (χ1) is 11.2. The third-order valence-electron chi connectivity index (χ3n) is 3.19. The van der Waals surface area contributed by atoms with Gasteiger partial charge >= 0.3 is 23.1 Å². The molecule has 0 unspecified atom stereocenters. The predicted octanol–water partition coefficient (Wildman–Crippen LogP) is 0.984. The summed E-state index contributed by atoms with van der Waals surface area (Å²) in [6, 6.07) is 32.5. The van der Waals surface area contributed by atoms with Gasteiger partial charge in [0.05, 0.1) is 7.92 Å². The van der Waals surface area contributed by atoms with Crippen LogP contribution in [-0.4, -0.2) is 28.5 Å². The molecular formula is C18H17MgO4P2+. The van der Waals surface area contributed by atoms with Crippen LogP contribution in [-0.2, 0) is 4.57 Å². The Morgan fingerprint density at radius 1 is 0.600 bits per heavy atom. The Kier molecular flexibility index (Phi) is 12.5. The van der Waals surface area contributed by atoms with E-state index in [2.05, 4.69) is 91.0 Å². The second-order valence-corrected chi connectivity index (χ2v) is 7.63. The van der Waals surface area contributed by atoms with Crippen LogP contribution in [0.25, 0.3) is 0 Å². The van der Waals surface area contributed by atoms with Crippen LogP contribution < -0.4 is 25.7 Å². The molecule has 0 heterocycles. The molecule has 0 amide bonds. The largest absolute Gasteiger partial charge is 2.00 e. The van der Waals surface area contributed by atoms with Crippen LogP contribution in [0.4, 0.5) is 0 Å². The molecule has 0 saturated carbocycles. The van der Waals surface area contributed by atoms with Gasteiger partial charge in [0.25, 0.3) is 8.25 Å². The van der Waals surface area contributed by atoms with Gasteiger partial charge in [-0.15, -0.1) is 0 Å². The normalized spacial score (nSPS) is 9.08. The maximum atomic E-state index is 8.48. The van der Waals surface area contributed by atoms with Crippen LogP contribution in [0.15, 0.2) is 91.0 Å². The summed E-state index contributed by atoms with van der Waals surface area (Å²) < 4.78 is 8.48. The summed E-state index contributed by atoms with van der Waals surface area (Å²) in [5.74, 6) is 0. The predicted molar refractivity (Wildman–Crippen MR) is 102 cm³/mol. The zero-order valence-corrected chi connectivity index (χ0v) is 16.8. The monoisotopic (exact) mass is 383 g/mol. The van der Waals surface area contributed by atoms with Crippen LogP contribution in [0.2, 0.25) is 0 Å². The van der Waals surface area contributed by atoms with Gasteiger partial charge in [0, 0.05) is 0 Å². The molecule has 1 N–H and O–H groups in total. The van der Waals surface area contributed by atoms with E-state index in [4.69, 9.17) is 14.4 Å². The Hall–Kier alpha value is -1.16. The Balaban J connectivity index is 0.000000874. The molecule has 7 heteroatoms. The van der Waals surface area contributed by atoms with Crippen LogP contribution in [0.5, 0.6) is 0 Å². The Bertz CT molecular complexity index is 630. The van der Waals surface area contributed by atoms with Crippen molar-refractivity contribution in [3.05, 3.63) is 91.0 Å². The van der Waals surface area contributed by atoms with E-state index in [1.165, 1.54) is 15.9 Å². The van der Waals surface area contributed by atoms with E-state index >= 15 is 0 Å². The smallest absolute Gasteiger partial charge is 0.870 e. The van der Waals surface area contributed by atoms with Crippen LogP contribution in [0, 0.1) is 0 Å². The summed E-state index contributed by atoms with van der Waals surface area (Å²) in [7, 11) is -4.25. The summed E-state index contributed by atoms with van der Waals surface area (Å²) in [4.78, 5) is 17.0. The van der Waals surface area contributed by atoms with Gasteiger partial charge in [0.1, 0.15) is 15.9 Å². The van der Waals surface area contributed by atoms with Crippen molar-refractivity contribution >= 4 is 55.1 Å². The second kappa shape index (κ2) is 13.1. The molecule has 0 atom stereocenters. The van der Waals surface area contributed by atoms with Crippen molar-refractivity contribution in [3.63, 3.8) is 0 Å². The molecule has 3 rings (SSSR count). The van der Waals surface area contributed by atoms with Gasteiger partial charge in [-0.25, -0.2) is 0 Å². The van der Waals surface area contributed by atoms with Crippen molar-refractivity contribution in [2.24, 2.45) is 0 Å². The molecule has 3 aromatic rings. The van der Waals surface area contributed by atoms with Gasteiger partial charge in [-0.2, -0.15) is 0 Å². The average molecular weight is 384 g/mol. The quantitative estimate of drug-likeness (QED) is 0.498. The Morgan fingerprint density at radius 3 is 1.00 bits per heavy atom. The molecule has 4 nitrogen and oxygen atoms in total. The molecule has 0 radical (unpaired) electrons. The fraction of sp³-hybridized carbons (Fsp3) is 0. The minimum Gasteiger partial charge on any atom is -0.870 e. The third kappa shape index (κ3) is 8.17. The van der Waals surface area contributed by atoms with Crippen molar-refractivity contribution < 1.29 is 19.8 Å². The Morgan fingerprint density at radius 2 is 0.800 bits per heavy atom. The molecular weight excluding hydrogens is 366 g/mol. The summed E-state index contributed by atoms with van der Waals surface area (Å²) in [5.41, 5.74) is 0. The van der Waals surface area contributed by atoms with E-state index < -0.39 is 16.2 Å². The van der Waals surface area contributed by atoms with Gasteiger partial charge in [-0.05, 0) is 36.4 Å². The van der Waals surface area contributed by atoms with Crippen molar-refractivity contribution in [1.29, 1.82) is 0 Å². The molecule has 0 aliphatic heterocycles. The first kappa shape index (κ1) is 23.8. The first-order valence-electron chi connectivity index (χ1n) is 7.03. The summed E-state index contributed by atoms with van der Waals surface area (Å²) in [5, 5.41) is 4.31. The molecule has 0 aromatic heterocycles. The van der Waals surface area contributed by atoms with E-state index in [1.807, 2.05) is 0 Å². The van der Waals surface area contributed by atoms with E-state index in [1.54, 1.807) is 0 Å². The van der Waals surface area contributed by atoms with E-state index in [0.29, 0.717) is 0 Å². The van der Waals surface area contributed by atoms with E-state index in [-0.39, 0.29) is 28.5 Å². The topological polar surface area (TPSA) is 93.2 Å². The number of hydrogen-bond donors (Lipinski definition) is 0. The van der Waals surface area contributed by atoms with Crippen molar-refractivity contribution in [2.75, 3.05) is 0 Å². The van der Waals surface area contributed by atoms with Gasteiger partial charge in [0.15, 0.2) is 0 Å². The molecule has 0 saturated heterocycles. The van der Waals surface area contributed by atoms with E-state index in [9.17, 15) is 0 Å². The van der Waals surface area contributed by atoms with Crippen molar-refractivity contribution in [1.82, 2.24) is 0 Å². The SMILES string of the molecule is O=[P+]([O-])[O-].[Mg+2].[OH-].c1ccc([PH+](c2ccccc2)c2ccccc2)cc1. The summed E-state index contributed by atoms with van der Waals surface area (Å²) in [6.07, 6.45) is 0. The summed E-state index contributed by atoms with van der Waals surface area (Å²) in [6.45, 7) is 0. The van der Waals surface area contributed by atoms with Gasteiger partial charge in [-0.1, -0.05) is 59.2 Å². The van der Waals surface area contributed by atoms with Gasteiger partial charge < -0.3 is 15.3 Å². The zero-order valence-electron chi connectivity index (χ0n) is 13.5. The standard InChI is InChI=1S/C18H15P.Mg.HO3P.H2O/c1-4-10-16(11-5-1)19(17-12-6-2-7-13-17)18-14-8-3-9-15-18;;1-4(2)3;/h1-15H;;(H,1,2,3);1H2/q;+2;;/p-1. The molecule has 124 valence electrons. The molecule has 0 aliphatic rings. The van der Waals surface area contributed by atoms with Gasteiger partial charge in [0.2, 0.25) is 0 Å². The maximum absolute atomic E-state index is 8.48. The van der Waals surface area contributed by atoms with Gasteiger partial charge in [-0.3, -0.25) is 0 Å². The maximum Gasteiger partial charge on any atom is 2.00 e. The van der Waals surface area contributed by atoms with Crippen molar-refractivity contribution in [3.8, 4) is 0 Å². The minimum absolute atomic E-state index is 0. The molecule has 0 fully saturated rings. The molecule has 0 bridgehead atoms. The van der Waals surface area contributed by atoms with Crippen LogP contribution in [0.1, 0.15) is 0 Å². The number of hydrogen-bond acceptors (Lipinski definition) is 4. The summed E-state index contributed by atoms with van der Waals surface area (Å²) >= 11 is 0. The Labute approximate surface area is 165 Å². The van der Waals surface area contributed by atoms with Crippen molar-refractivity contribution in [2.45, 2.75) is 0 Å². The first-order valence-corrected chi connectivity index (χ1v) is 9.63. The average Bonchev–Trinajstić information content (AvgIpc) is 2.58. The molecule has 0 aliphatic carbocycles. The van der Waals surface area contributed by atoms with E-state index in [0.717, 1.165) is 0 Å². The fourth-order valence-electron chi connectivity index (χ4n) is 2.31. The minimum atomic E-state index is -3.37.